The lowest BCUT2D eigenvalue weighted by atomic mass is 10.2. The van der Waals surface area contributed by atoms with Crippen molar-refractivity contribution >= 4 is 21.6 Å². The normalized spacial score (nSPS) is 10.8. The Kier molecular flexibility index (Phi) is 5.87. The molecule has 0 saturated heterocycles. The third-order valence-electron chi connectivity index (χ3n) is 3.39. The molecule has 7 nitrogen and oxygen atoms in total. The first kappa shape index (κ1) is 18.6. The largest absolute Gasteiger partial charge is 0.497 e. The average Bonchev–Trinajstić information content (AvgIpc) is 2.61. The number of ether oxygens (including phenoxy) is 2. The van der Waals surface area contributed by atoms with Crippen LogP contribution in [0.5, 0.6) is 11.5 Å². The summed E-state index contributed by atoms with van der Waals surface area (Å²) in [6.45, 7) is 2.19. The first-order valence-electron chi connectivity index (χ1n) is 7.54. The van der Waals surface area contributed by atoms with Gasteiger partial charge in [0.15, 0.2) is 0 Å². The van der Waals surface area contributed by atoms with E-state index in [1.54, 1.807) is 31.2 Å². The molecule has 8 heteroatoms. The Hall–Kier alpha value is -2.74. The molecule has 25 heavy (non-hydrogen) atoms. The van der Waals surface area contributed by atoms with Crippen molar-refractivity contribution in [2.24, 2.45) is 0 Å². The monoisotopic (exact) mass is 364 g/mol. The SMILES string of the molecule is CCNC(=O)c1cc(S(=O)(=O)Nc2cccc(OC)c2)ccc1OC. The maximum Gasteiger partial charge on any atom is 0.261 e. The van der Waals surface area contributed by atoms with Gasteiger partial charge < -0.3 is 14.8 Å². The van der Waals surface area contributed by atoms with Crippen LogP contribution in [0.3, 0.4) is 0 Å². The minimum Gasteiger partial charge on any atom is -0.497 e. The molecular formula is C17H20N2O5S. The molecule has 0 atom stereocenters. The van der Waals surface area contributed by atoms with E-state index < -0.39 is 15.9 Å². The molecule has 0 unspecified atom stereocenters. The van der Waals surface area contributed by atoms with Crippen LogP contribution in [0.4, 0.5) is 5.69 Å². The van der Waals surface area contributed by atoms with Gasteiger partial charge in [0.05, 0.1) is 30.4 Å². The van der Waals surface area contributed by atoms with E-state index in [0.29, 0.717) is 23.7 Å². The van der Waals surface area contributed by atoms with Crippen LogP contribution in [0, 0.1) is 0 Å². The van der Waals surface area contributed by atoms with Crippen molar-refractivity contribution in [1.29, 1.82) is 0 Å². The highest BCUT2D eigenvalue weighted by molar-refractivity contribution is 7.92. The Bertz CT molecular complexity index is 865. The van der Waals surface area contributed by atoms with Crippen molar-refractivity contribution in [3.63, 3.8) is 0 Å². The van der Waals surface area contributed by atoms with E-state index in [1.165, 1.54) is 32.4 Å². The molecule has 2 rings (SSSR count). The van der Waals surface area contributed by atoms with E-state index in [2.05, 4.69) is 10.0 Å². The molecule has 0 fully saturated rings. The molecule has 0 aliphatic heterocycles. The molecule has 2 aromatic carbocycles. The van der Waals surface area contributed by atoms with Gasteiger partial charge in [-0.3, -0.25) is 9.52 Å². The number of methoxy groups -OCH3 is 2. The molecule has 2 aromatic rings. The van der Waals surface area contributed by atoms with Crippen LogP contribution >= 0.6 is 0 Å². The zero-order valence-electron chi connectivity index (χ0n) is 14.2. The predicted octanol–water partition coefficient (Wildman–Crippen LogP) is 2.25. The molecule has 0 radical (unpaired) electrons. The number of hydrogen-bond acceptors (Lipinski definition) is 5. The molecule has 1 amide bonds. The van der Waals surface area contributed by atoms with Gasteiger partial charge in [-0.25, -0.2) is 8.42 Å². The van der Waals surface area contributed by atoms with Crippen LogP contribution in [-0.2, 0) is 10.0 Å². The van der Waals surface area contributed by atoms with Crippen LogP contribution < -0.4 is 19.5 Å². The Labute approximate surface area is 147 Å². The molecule has 0 aliphatic carbocycles. The van der Waals surface area contributed by atoms with Gasteiger partial charge in [-0.2, -0.15) is 0 Å². The summed E-state index contributed by atoms with van der Waals surface area (Å²) in [4.78, 5) is 12.1. The lowest BCUT2D eigenvalue weighted by Gasteiger charge is -2.12. The van der Waals surface area contributed by atoms with Gasteiger partial charge in [0.1, 0.15) is 11.5 Å². The summed E-state index contributed by atoms with van der Waals surface area (Å²) in [6, 6.07) is 10.7. The van der Waals surface area contributed by atoms with E-state index in [0.717, 1.165) is 0 Å². The Balaban J connectivity index is 2.38. The summed E-state index contributed by atoms with van der Waals surface area (Å²) in [6.07, 6.45) is 0. The van der Waals surface area contributed by atoms with Crippen LogP contribution in [0.15, 0.2) is 47.4 Å². The summed E-state index contributed by atoms with van der Waals surface area (Å²) < 4.78 is 37.9. The van der Waals surface area contributed by atoms with Gasteiger partial charge in [-0.05, 0) is 37.3 Å². The maximum absolute atomic E-state index is 12.6. The Morgan fingerprint density at radius 2 is 1.84 bits per heavy atom. The molecule has 0 aromatic heterocycles. The summed E-state index contributed by atoms with van der Waals surface area (Å²) in [5.41, 5.74) is 0.507. The second-order valence-electron chi connectivity index (χ2n) is 5.06. The van der Waals surface area contributed by atoms with Gasteiger partial charge in [0, 0.05) is 12.6 Å². The van der Waals surface area contributed by atoms with Crippen molar-refractivity contribution in [2.45, 2.75) is 11.8 Å². The molecule has 0 bridgehead atoms. The fourth-order valence-electron chi connectivity index (χ4n) is 2.19. The number of amides is 1. The van der Waals surface area contributed by atoms with Gasteiger partial charge in [-0.15, -0.1) is 0 Å². The molecule has 0 aliphatic rings. The lowest BCUT2D eigenvalue weighted by Crippen LogP contribution is -2.24. The zero-order valence-corrected chi connectivity index (χ0v) is 15.0. The molecule has 0 spiro atoms. The number of rotatable bonds is 7. The fourth-order valence-corrected chi connectivity index (χ4v) is 3.26. The van der Waals surface area contributed by atoms with Gasteiger partial charge in [-0.1, -0.05) is 6.07 Å². The molecule has 0 saturated carbocycles. The van der Waals surface area contributed by atoms with Gasteiger partial charge in [0.25, 0.3) is 15.9 Å². The number of nitrogens with one attached hydrogen (secondary N) is 2. The number of sulfonamides is 1. The molecular weight excluding hydrogens is 344 g/mol. The lowest BCUT2D eigenvalue weighted by molar-refractivity contribution is 0.0952. The summed E-state index contributed by atoms with van der Waals surface area (Å²) in [5, 5.41) is 2.63. The van der Waals surface area contributed by atoms with Crippen LogP contribution in [0.25, 0.3) is 0 Å². The number of carbonyl (C=O) groups is 1. The first-order valence-corrected chi connectivity index (χ1v) is 9.02. The molecule has 134 valence electrons. The third-order valence-corrected chi connectivity index (χ3v) is 4.76. The molecule has 0 heterocycles. The average molecular weight is 364 g/mol. The minimum atomic E-state index is -3.88. The number of anilines is 1. The Morgan fingerprint density at radius 1 is 1.08 bits per heavy atom. The maximum atomic E-state index is 12.6. The fraction of sp³-hybridized carbons (Fsp3) is 0.235. The van der Waals surface area contributed by atoms with Crippen molar-refractivity contribution in [3.05, 3.63) is 48.0 Å². The van der Waals surface area contributed by atoms with Crippen molar-refractivity contribution in [1.82, 2.24) is 5.32 Å². The highest BCUT2D eigenvalue weighted by Gasteiger charge is 2.20. The summed E-state index contributed by atoms with van der Waals surface area (Å²) >= 11 is 0. The molecule has 2 N–H and O–H groups in total. The van der Waals surface area contributed by atoms with Crippen molar-refractivity contribution in [3.8, 4) is 11.5 Å². The second kappa shape index (κ2) is 7.89. The van der Waals surface area contributed by atoms with E-state index in [9.17, 15) is 13.2 Å². The zero-order chi connectivity index (χ0) is 18.4. The van der Waals surface area contributed by atoms with E-state index in [4.69, 9.17) is 9.47 Å². The predicted molar refractivity (Wildman–Crippen MR) is 94.8 cm³/mol. The van der Waals surface area contributed by atoms with E-state index in [-0.39, 0.29) is 10.5 Å². The van der Waals surface area contributed by atoms with Crippen molar-refractivity contribution < 1.29 is 22.7 Å². The number of hydrogen-bond donors (Lipinski definition) is 2. The van der Waals surface area contributed by atoms with Crippen molar-refractivity contribution in [2.75, 3.05) is 25.5 Å². The van der Waals surface area contributed by atoms with Crippen LogP contribution in [0.2, 0.25) is 0 Å². The standard InChI is InChI=1S/C17H20N2O5S/c1-4-18-17(20)15-11-14(8-9-16(15)24-3)25(21,22)19-12-6-5-7-13(10-12)23-2/h5-11,19H,4H2,1-3H3,(H,18,20). The van der Waals surface area contributed by atoms with Crippen LogP contribution in [0.1, 0.15) is 17.3 Å². The number of benzene rings is 2. The quantitative estimate of drug-likeness (QED) is 0.786. The summed E-state index contributed by atoms with van der Waals surface area (Å²) in [7, 11) is -0.962. The number of carbonyl (C=O) groups excluding carboxylic acids is 1. The summed E-state index contributed by atoms with van der Waals surface area (Å²) in [5.74, 6) is 0.419. The Morgan fingerprint density at radius 3 is 2.48 bits per heavy atom. The minimum absolute atomic E-state index is 0.0441. The smallest absolute Gasteiger partial charge is 0.261 e. The first-order chi connectivity index (χ1) is 11.9. The third kappa shape index (κ3) is 4.42. The highest BCUT2D eigenvalue weighted by Crippen LogP contribution is 2.25. The van der Waals surface area contributed by atoms with Crippen LogP contribution in [-0.4, -0.2) is 35.1 Å². The topological polar surface area (TPSA) is 93.7 Å². The van der Waals surface area contributed by atoms with Gasteiger partial charge >= 0.3 is 0 Å². The highest BCUT2D eigenvalue weighted by atomic mass is 32.2. The van der Waals surface area contributed by atoms with E-state index in [1.807, 2.05) is 0 Å². The van der Waals surface area contributed by atoms with E-state index >= 15 is 0 Å². The second-order valence-corrected chi connectivity index (χ2v) is 6.74. The van der Waals surface area contributed by atoms with Gasteiger partial charge in [0.2, 0.25) is 0 Å².